The van der Waals surface area contributed by atoms with Crippen molar-refractivity contribution in [1.29, 1.82) is 0 Å². The minimum Gasteiger partial charge on any atom is -0.468 e. The van der Waals surface area contributed by atoms with Crippen LogP contribution in [-0.4, -0.2) is 55.2 Å². The maximum atomic E-state index is 13.1. The third kappa shape index (κ3) is 4.80. The van der Waals surface area contributed by atoms with E-state index in [4.69, 9.17) is 11.6 Å². The van der Waals surface area contributed by atoms with Crippen LogP contribution >= 0.6 is 24.0 Å². The highest BCUT2D eigenvalue weighted by atomic mass is 35.5. The largest absolute Gasteiger partial charge is 0.468 e. The number of hydrogen-bond acceptors (Lipinski definition) is 6. The van der Waals surface area contributed by atoms with E-state index in [0.29, 0.717) is 24.7 Å². The second-order valence-corrected chi connectivity index (χ2v) is 8.17. The van der Waals surface area contributed by atoms with Gasteiger partial charge in [-0.2, -0.15) is 9.40 Å². The molecule has 0 amide bonds. The molecule has 1 fully saturated rings. The number of piperazine rings is 1. The normalized spacial score (nSPS) is 17.9. The quantitative estimate of drug-likeness (QED) is 0.715. The van der Waals surface area contributed by atoms with Gasteiger partial charge in [-0.15, -0.1) is 12.4 Å². The summed E-state index contributed by atoms with van der Waals surface area (Å²) >= 11 is 6.06. The molecular weight excluding hydrogens is 415 g/mol. The Morgan fingerprint density at radius 1 is 1.44 bits per heavy atom. The standard InChI is InChI=1S/C16H19ClN4O4S.ClH/c1-25-16(22)11-20-10-14(8-19-20)26(23,24)21-6-5-18-9-15(21)12-3-2-4-13(17)7-12;/h2-4,7-8,10,15,18H,5-6,9,11H2,1H3;1H. The minimum absolute atomic E-state index is 0. The molecule has 0 bridgehead atoms. The van der Waals surface area contributed by atoms with Crippen molar-refractivity contribution in [3.8, 4) is 0 Å². The van der Waals surface area contributed by atoms with Gasteiger partial charge in [-0.05, 0) is 17.7 Å². The van der Waals surface area contributed by atoms with E-state index in [0.717, 1.165) is 5.56 Å². The zero-order chi connectivity index (χ0) is 18.7. The van der Waals surface area contributed by atoms with Gasteiger partial charge in [-0.1, -0.05) is 23.7 Å². The molecule has 1 aliphatic heterocycles. The molecule has 1 atom stereocenters. The average Bonchev–Trinajstić information content (AvgIpc) is 3.11. The Morgan fingerprint density at radius 2 is 2.22 bits per heavy atom. The Hall–Kier alpha value is -1.65. The average molecular weight is 435 g/mol. The first-order chi connectivity index (χ1) is 12.4. The molecule has 1 unspecified atom stereocenters. The molecule has 1 aromatic heterocycles. The molecule has 2 aromatic rings. The van der Waals surface area contributed by atoms with Crippen molar-refractivity contribution in [2.45, 2.75) is 17.5 Å². The molecule has 1 saturated heterocycles. The summed E-state index contributed by atoms with van der Waals surface area (Å²) in [4.78, 5) is 11.4. The van der Waals surface area contributed by atoms with E-state index in [1.165, 1.54) is 28.5 Å². The lowest BCUT2D eigenvalue weighted by Gasteiger charge is -2.35. The number of aromatic nitrogens is 2. The highest BCUT2D eigenvalue weighted by Gasteiger charge is 2.35. The van der Waals surface area contributed by atoms with Crippen LogP contribution in [0.4, 0.5) is 0 Å². The number of benzene rings is 1. The van der Waals surface area contributed by atoms with Gasteiger partial charge in [-0.3, -0.25) is 9.48 Å². The fourth-order valence-corrected chi connectivity index (χ4v) is 4.64. The molecular formula is C16H20Cl2N4O4S. The number of ether oxygens (including phenoxy) is 1. The Bertz CT molecular complexity index is 903. The molecule has 2 heterocycles. The molecule has 27 heavy (non-hydrogen) atoms. The smallest absolute Gasteiger partial charge is 0.327 e. The van der Waals surface area contributed by atoms with Crippen LogP contribution in [0.2, 0.25) is 5.02 Å². The number of rotatable bonds is 5. The van der Waals surface area contributed by atoms with Crippen molar-refractivity contribution < 1.29 is 17.9 Å². The summed E-state index contributed by atoms with van der Waals surface area (Å²) in [6.45, 7) is 1.20. The summed E-state index contributed by atoms with van der Waals surface area (Å²) in [7, 11) is -2.52. The van der Waals surface area contributed by atoms with E-state index in [-0.39, 0.29) is 29.9 Å². The van der Waals surface area contributed by atoms with Crippen molar-refractivity contribution in [2.75, 3.05) is 26.7 Å². The van der Waals surface area contributed by atoms with E-state index in [9.17, 15) is 13.2 Å². The zero-order valence-corrected chi connectivity index (χ0v) is 16.9. The molecule has 148 valence electrons. The molecule has 3 rings (SSSR count). The van der Waals surface area contributed by atoms with Crippen molar-refractivity contribution in [1.82, 2.24) is 19.4 Å². The summed E-state index contributed by atoms with van der Waals surface area (Å²) in [5.41, 5.74) is 0.815. The van der Waals surface area contributed by atoms with E-state index >= 15 is 0 Å². The fourth-order valence-electron chi connectivity index (χ4n) is 2.87. The van der Waals surface area contributed by atoms with Crippen LogP contribution in [0.25, 0.3) is 0 Å². The number of halogens is 2. The number of sulfonamides is 1. The van der Waals surface area contributed by atoms with Crippen LogP contribution in [0.15, 0.2) is 41.6 Å². The van der Waals surface area contributed by atoms with Crippen molar-refractivity contribution in [3.63, 3.8) is 0 Å². The van der Waals surface area contributed by atoms with Crippen LogP contribution in [0.5, 0.6) is 0 Å². The SMILES string of the molecule is COC(=O)Cn1cc(S(=O)(=O)N2CCNCC2c2cccc(Cl)c2)cn1.Cl. The van der Waals surface area contributed by atoms with E-state index in [1.807, 2.05) is 6.07 Å². The molecule has 0 saturated carbocycles. The maximum absolute atomic E-state index is 13.1. The topological polar surface area (TPSA) is 93.5 Å². The molecule has 1 aromatic carbocycles. The van der Waals surface area contributed by atoms with Crippen molar-refractivity contribution in [3.05, 3.63) is 47.2 Å². The molecule has 0 aliphatic carbocycles. The number of carbonyl (C=O) groups is 1. The zero-order valence-electron chi connectivity index (χ0n) is 14.5. The van der Waals surface area contributed by atoms with Gasteiger partial charge >= 0.3 is 5.97 Å². The highest BCUT2D eigenvalue weighted by Crippen LogP contribution is 2.30. The molecule has 0 radical (unpaired) electrons. The monoisotopic (exact) mass is 434 g/mol. The number of methoxy groups -OCH3 is 1. The van der Waals surface area contributed by atoms with Gasteiger partial charge in [0.15, 0.2) is 0 Å². The number of carbonyl (C=O) groups excluding carboxylic acids is 1. The lowest BCUT2D eigenvalue weighted by molar-refractivity contribution is -0.141. The molecule has 11 heteroatoms. The highest BCUT2D eigenvalue weighted by molar-refractivity contribution is 7.89. The van der Waals surface area contributed by atoms with Crippen LogP contribution in [0.1, 0.15) is 11.6 Å². The third-order valence-corrected chi connectivity index (χ3v) is 6.26. The summed E-state index contributed by atoms with van der Waals surface area (Å²) in [5, 5.41) is 7.72. The Kier molecular flexibility index (Phi) is 7.24. The second-order valence-electron chi connectivity index (χ2n) is 5.84. The maximum Gasteiger partial charge on any atom is 0.327 e. The van der Waals surface area contributed by atoms with Crippen LogP contribution in [0, 0.1) is 0 Å². The van der Waals surface area contributed by atoms with Gasteiger partial charge in [0.05, 0.1) is 19.3 Å². The van der Waals surface area contributed by atoms with Crippen molar-refractivity contribution in [2.24, 2.45) is 0 Å². The van der Waals surface area contributed by atoms with Crippen LogP contribution in [-0.2, 0) is 26.1 Å². The van der Waals surface area contributed by atoms with Gasteiger partial charge in [0.25, 0.3) is 0 Å². The van der Waals surface area contributed by atoms with Gasteiger partial charge in [-0.25, -0.2) is 8.42 Å². The van der Waals surface area contributed by atoms with Gasteiger partial charge < -0.3 is 10.1 Å². The predicted molar refractivity (Wildman–Crippen MR) is 102 cm³/mol. The third-order valence-electron chi connectivity index (χ3n) is 4.16. The second kappa shape index (κ2) is 9.03. The molecule has 0 spiro atoms. The Balaban J connectivity index is 0.00000261. The lowest BCUT2D eigenvalue weighted by Crippen LogP contribution is -2.48. The number of nitrogens with one attached hydrogen (secondary N) is 1. The predicted octanol–water partition coefficient (Wildman–Crippen LogP) is 1.47. The summed E-state index contributed by atoms with van der Waals surface area (Å²) in [5.74, 6) is -0.504. The van der Waals surface area contributed by atoms with E-state index in [2.05, 4.69) is 15.2 Å². The van der Waals surface area contributed by atoms with E-state index in [1.54, 1.807) is 18.2 Å². The number of hydrogen-bond donors (Lipinski definition) is 1. The molecule has 1 aliphatic rings. The Labute approximate surface area is 168 Å². The van der Waals surface area contributed by atoms with Gasteiger partial charge in [0.2, 0.25) is 10.0 Å². The fraction of sp³-hybridized carbons (Fsp3) is 0.375. The summed E-state index contributed by atoms with van der Waals surface area (Å²) < 4.78 is 33.5. The van der Waals surface area contributed by atoms with Crippen LogP contribution in [0.3, 0.4) is 0 Å². The van der Waals surface area contributed by atoms with Gasteiger partial charge in [0.1, 0.15) is 11.4 Å². The summed E-state index contributed by atoms with van der Waals surface area (Å²) in [6, 6.07) is 6.79. The first kappa shape index (κ1) is 21.6. The first-order valence-electron chi connectivity index (χ1n) is 7.99. The van der Waals surface area contributed by atoms with Crippen LogP contribution < -0.4 is 5.32 Å². The minimum atomic E-state index is -3.78. The summed E-state index contributed by atoms with van der Waals surface area (Å²) in [6.07, 6.45) is 2.58. The number of nitrogens with zero attached hydrogens (tertiary/aromatic N) is 3. The first-order valence-corrected chi connectivity index (χ1v) is 9.81. The van der Waals surface area contributed by atoms with Crippen molar-refractivity contribution >= 4 is 40.0 Å². The van der Waals surface area contributed by atoms with Gasteiger partial charge in [0, 0.05) is 30.9 Å². The number of esters is 1. The molecule has 1 N–H and O–H groups in total. The lowest BCUT2D eigenvalue weighted by atomic mass is 10.1. The Morgan fingerprint density at radius 3 is 2.93 bits per heavy atom. The van der Waals surface area contributed by atoms with E-state index < -0.39 is 16.0 Å². The molecule has 8 nitrogen and oxygen atoms in total.